The number of benzene rings is 2. The zero-order chi connectivity index (χ0) is 14.3. The Hall–Kier alpha value is -2.06. The first-order valence-electron chi connectivity index (χ1n) is 5.50. The normalized spacial score (nSPS) is 14.9. The van der Waals surface area contributed by atoms with E-state index in [9.17, 15) is 18.3 Å². The topological polar surface area (TPSA) is 44.0 Å². The van der Waals surface area contributed by atoms with Crippen molar-refractivity contribution in [1.29, 1.82) is 5.26 Å². The van der Waals surface area contributed by atoms with Crippen LogP contribution in [0.15, 0.2) is 36.4 Å². The largest absolute Gasteiger partial charge is 0.421 e. The Balaban J connectivity index is 2.89. The Morgan fingerprint density at radius 1 is 1.11 bits per heavy atom. The van der Waals surface area contributed by atoms with E-state index in [1.54, 1.807) is 30.3 Å². The Labute approximate surface area is 107 Å². The molecule has 2 nitrogen and oxygen atoms in total. The molecule has 0 aromatic heterocycles. The van der Waals surface area contributed by atoms with E-state index < -0.39 is 17.3 Å². The number of nitrogens with zero attached hydrogens (tertiary/aromatic N) is 1. The maximum absolute atomic E-state index is 13.0. The number of alkyl halides is 3. The standard InChI is InChI=1S/C14H10F3NO/c1-13(19,14(15,16)17)12-10(8-18)7-6-9-4-2-3-5-11(9)12/h2-7,19H,1H3. The van der Waals surface area contributed by atoms with Crippen molar-refractivity contribution in [2.75, 3.05) is 0 Å². The van der Waals surface area contributed by atoms with Crippen LogP contribution in [0.4, 0.5) is 13.2 Å². The first kappa shape index (κ1) is 13.4. The predicted octanol–water partition coefficient (Wildman–Crippen LogP) is 3.48. The lowest BCUT2D eigenvalue weighted by atomic mass is 9.86. The van der Waals surface area contributed by atoms with Gasteiger partial charge in [-0.1, -0.05) is 30.3 Å². The molecule has 0 saturated heterocycles. The van der Waals surface area contributed by atoms with E-state index in [0.29, 0.717) is 12.3 Å². The molecule has 0 spiro atoms. The number of aliphatic hydroxyl groups is 1. The van der Waals surface area contributed by atoms with Gasteiger partial charge in [0.05, 0.1) is 11.6 Å². The van der Waals surface area contributed by atoms with Gasteiger partial charge in [-0.3, -0.25) is 0 Å². The number of halogens is 3. The van der Waals surface area contributed by atoms with Gasteiger partial charge >= 0.3 is 6.18 Å². The van der Waals surface area contributed by atoms with Crippen molar-refractivity contribution in [2.45, 2.75) is 18.7 Å². The third-order valence-corrected chi connectivity index (χ3v) is 3.09. The number of nitriles is 1. The lowest BCUT2D eigenvalue weighted by Gasteiger charge is -2.28. The summed E-state index contributed by atoms with van der Waals surface area (Å²) < 4.78 is 39.0. The molecule has 0 aliphatic rings. The molecule has 0 heterocycles. The van der Waals surface area contributed by atoms with Crippen LogP contribution in [-0.2, 0) is 5.60 Å². The minimum Gasteiger partial charge on any atom is -0.376 e. The highest BCUT2D eigenvalue weighted by Gasteiger charge is 2.52. The molecule has 1 N–H and O–H groups in total. The minimum absolute atomic E-state index is 0.180. The monoisotopic (exact) mass is 265 g/mol. The van der Waals surface area contributed by atoms with Crippen molar-refractivity contribution in [3.05, 3.63) is 47.5 Å². The number of hydrogen-bond acceptors (Lipinski definition) is 2. The fourth-order valence-corrected chi connectivity index (χ4v) is 2.03. The van der Waals surface area contributed by atoms with E-state index in [1.807, 2.05) is 0 Å². The number of rotatable bonds is 1. The molecule has 1 atom stereocenters. The average molecular weight is 265 g/mol. The summed E-state index contributed by atoms with van der Waals surface area (Å²) in [5, 5.41) is 19.6. The predicted molar refractivity (Wildman–Crippen MR) is 64.3 cm³/mol. The average Bonchev–Trinajstić information content (AvgIpc) is 2.35. The van der Waals surface area contributed by atoms with Crippen molar-refractivity contribution in [3.63, 3.8) is 0 Å². The summed E-state index contributed by atoms with van der Waals surface area (Å²) in [4.78, 5) is 0. The summed E-state index contributed by atoms with van der Waals surface area (Å²) in [5.74, 6) is 0. The summed E-state index contributed by atoms with van der Waals surface area (Å²) in [6, 6.07) is 10.9. The summed E-state index contributed by atoms with van der Waals surface area (Å²) in [6.07, 6.45) is -4.86. The highest BCUT2D eigenvalue weighted by molar-refractivity contribution is 5.88. The second-order valence-electron chi connectivity index (χ2n) is 4.39. The molecule has 0 aliphatic heterocycles. The van der Waals surface area contributed by atoms with Crippen LogP contribution in [0, 0.1) is 11.3 Å². The lowest BCUT2D eigenvalue weighted by molar-refractivity contribution is -0.258. The Morgan fingerprint density at radius 2 is 1.74 bits per heavy atom. The van der Waals surface area contributed by atoms with Crippen molar-refractivity contribution >= 4 is 10.8 Å². The van der Waals surface area contributed by atoms with E-state index in [1.165, 1.54) is 12.1 Å². The van der Waals surface area contributed by atoms with Crippen LogP contribution >= 0.6 is 0 Å². The second kappa shape index (κ2) is 4.25. The van der Waals surface area contributed by atoms with E-state index in [2.05, 4.69) is 0 Å². The van der Waals surface area contributed by atoms with Crippen LogP contribution in [0.1, 0.15) is 18.1 Å². The molecule has 2 rings (SSSR count). The third-order valence-electron chi connectivity index (χ3n) is 3.09. The van der Waals surface area contributed by atoms with Gasteiger partial charge in [-0.2, -0.15) is 18.4 Å². The number of fused-ring (bicyclic) bond motifs is 1. The number of hydrogen-bond donors (Lipinski definition) is 1. The first-order chi connectivity index (χ1) is 8.79. The zero-order valence-corrected chi connectivity index (χ0v) is 9.99. The molecule has 2 aromatic carbocycles. The fourth-order valence-electron chi connectivity index (χ4n) is 2.03. The van der Waals surface area contributed by atoms with Crippen LogP contribution in [-0.4, -0.2) is 11.3 Å². The fraction of sp³-hybridized carbons (Fsp3) is 0.214. The van der Waals surface area contributed by atoms with Crippen LogP contribution in [0.2, 0.25) is 0 Å². The summed E-state index contributed by atoms with van der Waals surface area (Å²) >= 11 is 0. The van der Waals surface area contributed by atoms with Crippen LogP contribution in [0.3, 0.4) is 0 Å². The molecule has 0 aliphatic carbocycles. The van der Waals surface area contributed by atoms with Crippen LogP contribution in [0.5, 0.6) is 0 Å². The highest BCUT2D eigenvalue weighted by atomic mass is 19.4. The van der Waals surface area contributed by atoms with Gasteiger partial charge in [0.25, 0.3) is 0 Å². The van der Waals surface area contributed by atoms with Gasteiger partial charge < -0.3 is 5.11 Å². The molecule has 19 heavy (non-hydrogen) atoms. The third kappa shape index (κ3) is 2.04. The smallest absolute Gasteiger partial charge is 0.376 e. The van der Waals surface area contributed by atoms with E-state index in [-0.39, 0.29) is 10.9 Å². The quantitative estimate of drug-likeness (QED) is 0.857. The lowest BCUT2D eigenvalue weighted by Crippen LogP contribution is -2.40. The van der Waals surface area contributed by atoms with E-state index >= 15 is 0 Å². The molecule has 0 amide bonds. The second-order valence-corrected chi connectivity index (χ2v) is 4.39. The van der Waals surface area contributed by atoms with Gasteiger partial charge in [-0.05, 0) is 23.8 Å². The van der Waals surface area contributed by atoms with Crippen molar-refractivity contribution in [3.8, 4) is 6.07 Å². The summed E-state index contributed by atoms with van der Waals surface area (Å²) in [5.41, 5.74) is -3.65. The van der Waals surface area contributed by atoms with Crippen molar-refractivity contribution < 1.29 is 18.3 Å². The molecular weight excluding hydrogens is 255 g/mol. The van der Waals surface area contributed by atoms with Crippen molar-refractivity contribution in [1.82, 2.24) is 0 Å². The Morgan fingerprint density at radius 3 is 2.32 bits per heavy atom. The Bertz CT molecular complexity index is 668. The molecular formula is C14H10F3NO. The van der Waals surface area contributed by atoms with Crippen LogP contribution in [0.25, 0.3) is 10.8 Å². The van der Waals surface area contributed by atoms with Crippen molar-refractivity contribution in [2.24, 2.45) is 0 Å². The first-order valence-corrected chi connectivity index (χ1v) is 5.50. The molecule has 1 unspecified atom stereocenters. The van der Waals surface area contributed by atoms with Gasteiger partial charge in [-0.15, -0.1) is 0 Å². The van der Waals surface area contributed by atoms with Crippen LogP contribution < -0.4 is 0 Å². The van der Waals surface area contributed by atoms with Gasteiger partial charge in [0, 0.05) is 5.56 Å². The zero-order valence-electron chi connectivity index (χ0n) is 9.99. The van der Waals surface area contributed by atoms with Gasteiger partial charge in [-0.25, -0.2) is 0 Å². The molecule has 0 fully saturated rings. The maximum Gasteiger partial charge on any atom is 0.421 e. The summed E-state index contributed by atoms with van der Waals surface area (Å²) in [7, 11) is 0. The minimum atomic E-state index is -4.86. The van der Waals surface area contributed by atoms with E-state index in [0.717, 1.165) is 0 Å². The van der Waals surface area contributed by atoms with Gasteiger partial charge in [0.2, 0.25) is 0 Å². The molecule has 0 saturated carbocycles. The summed E-state index contributed by atoms with van der Waals surface area (Å²) in [6.45, 7) is 0.662. The SMILES string of the molecule is CC(O)(c1c(C#N)ccc2ccccc12)C(F)(F)F. The molecule has 98 valence electrons. The van der Waals surface area contributed by atoms with E-state index in [4.69, 9.17) is 5.26 Å². The molecule has 2 aromatic rings. The highest BCUT2D eigenvalue weighted by Crippen LogP contribution is 2.42. The Kier molecular flexibility index (Phi) is 2.99. The molecule has 0 radical (unpaired) electrons. The molecule has 5 heteroatoms. The van der Waals surface area contributed by atoms with Gasteiger partial charge in [0.15, 0.2) is 5.60 Å². The van der Waals surface area contributed by atoms with Gasteiger partial charge in [0.1, 0.15) is 0 Å². The maximum atomic E-state index is 13.0. The molecule has 0 bridgehead atoms.